The molecular formula is C19H27N5O4. The van der Waals surface area contributed by atoms with Crippen LogP contribution in [0.4, 0.5) is 4.79 Å². The molecule has 0 unspecified atom stereocenters. The Morgan fingerprint density at radius 3 is 2.75 bits per heavy atom. The van der Waals surface area contributed by atoms with E-state index < -0.39 is 11.4 Å². The van der Waals surface area contributed by atoms with Crippen molar-refractivity contribution in [2.75, 3.05) is 20.1 Å². The Labute approximate surface area is 163 Å². The first-order valence-corrected chi connectivity index (χ1v) is 9.86. The van der Waals surface area contributed by atoms with Gasteiger partial charge in [-0.25, -0.2) is 4.79 Å². The van der Waals surface area contributed by atoms with E-state index in [9.17, 15) is 19.5 Å². The molecule has 0 aromatic carbocycles. The minimum atomic E-state index is -0.794. The first-order valence-electron chi connectivity index (χ1n) is 9.86. The molecule has 2 saturated heterocycles. The number of likely N-dealkylation sites (N-methyl/N-ethyl adjacent to an activating group) is 1. The van der Waals surface area contributed by atoms with Gasteiger partial charge in [-0.15, -0.1) is 0 Å². The summed E-state index contributed by atoms with van der Waals surface area (Å²) in [6.45, 7) is 0.743. The van der Waals surface area contributed by atoms with Gasteiger partial charge in [-0.3, -0.25) is 14.3 Å². The number of fused-ring (bicyclic) bond motifs is 1. The first-order chi connectivity index (χ1) is 13.3. The zero-order valence-electron chi connectivity index (χ0n) is 16.3. The molecule has 4 atom stereocenters. The van der Waals surface area contributed by atoms with Crippen molar-refractivity contribution in [2.24, 2.45) is 18.4 Å². The third-order valence-electron chi connectivity index (χ3n) is 6.92. The van der Waals surface area contributed by atoms with Gasteiger partial charge in [-0.1, -0.05) is 6.42 Å². The average molecular weight is 389 g/mol. The van der Waals surface area contributed by atoms with Gasteiger partial charge in [-0.05, 0) is 31.2 Å². The van der Waals surface area contributed by atoms with Gasteiger partial charge in [0.25, 0.3) is 0 Å². The standard InChI is InChI=1S/C19H27N5O4/c1-22-15(25)6-5-13(16(22)14-7-9-20-23(14)2)21-18(28)24-10-12-4-3-8-19(12,11-24)17(26)27/h7,9,12-13,16H,3-6,8,10-11H2,1-2H3,(H,21,28)(H,26,27)/t12-,13+,16+,19+/m0/s1. The van der Waals surface area contributed by atoms with E-state index >= 15 is 0 Å². The summed E-state index contributed by atoms with van der Waals surface area (Å²) in [7, 11) is 3.57. The number of hydrogen-bond donors (Lipinski definition) is 2. The van der Waals surface area contributed by atoms with E-state index in [0.717, 1.165) is 18.5 Å². The second-order valence-corrected chi connectivity index (χ2v) is 8.35. The Hall–Kier alpha value is -2.58. The van der Waals surface area contributed by atoms with Gasteiger partial charge in [0.2, 0.25) is 5.91 Å². The highest BCUT2D eigenvalue weighted by atomic mass is 16.4. The Kier molecular flexibility index (Phi) is 4.55. The molecule has 1 aromatic heterocycles. The fourth-order valence-electron chi connectivity index (χ4n) is 5.31. The van der Waals surface area contributed by atoms with Crippen LogP contribution in [0, 0.1) is 11.3 Å². The molecule has 1 aromatic rings. The molecule has 9 heteroatoms. The first kappa shape index (κ1) is 18.8. The Balaban J connectivity index is 1.51. The number of piperidine rings is 1. The number of nitrogens with zero attached hydrogens (tertiary/aromatic N) is 4. The van der Waals surface area contributed by atoms with Crippen LogP contribution in [0.2, 0.25) is 0 Å². The molecule has 3 fully saturated rings. The normalized spacial score (nSPS) is 32.5. The summed E-state index contributed by atoms with van der Waals surface area (Å²) in [5.74, 6) is -0.725. The molecule has 1 aliphatic carbocycles. The van der Waals surface area contributed by atoms with Crippen molar-refractivity contribution in [1.29, 1.82) is 0 Å². The molecule has 0 radical (unpaired) electrons. The van der Waals surface area contributed by atoms with Crippen LogP contribution in [0.1, 0.15) is 43.8 Å². The maximum Gasteiger partial charge on any atom is 0.317 e. The second-order valence-electron chi connectivity index (χ2n) is 8.35. The van der Waals surface area contributed by atoms with Crippen LogP contribution in [-0.2, 0) is 16.6 Å². The quantitative estimate of drug-likeness (QED) is 0.801. The third kappa shape index (κ3) is 2.84. The lowest BCUT2D eigenvalue weighted by atomic mass is 9.81. The minimum Gasteiger partial charge on any atom is -0.481 e. The SMILES string of the molecule is CN1C(=O)CC[C@@H](NC(=O)N2C[C@@H]3CCC[C@@]3(C(=O)O)C2)[C@@H]1c1ccnn1C. The highest BCUT2D eigenvalue weighted by molar-refractivity contribution is 5.81. The van der Waals surface area contributed by atoms with Crippen molar-refractivity contribution < 1.29 is 19.5 Å². The minimum absolute atomic E-state index is 0.0271. The number of hydrogen-bond acceptors (Lipinski definition) is 4. The van der Waals surface area contributed by atoms with Crippen molar-refractivity contribution in [3.8, 4) is 0 Å². The van der Waals surface area contributed by atoms with Crippen molar-refractivity contribution in [1.82, 2.24) is 24.9 Å². The van der Waals surface area contributed by atoms with E-state index in [-0.39, 0.29) is 36.5 Å². The number of nitrogens with one attached hydrogen (secondary N) is 1. The Morgan fingerprint density at radius 1 is 1.32 bits per heavy atom. The van der Waals surface area contributed by atoms with Gasteiger partial charge in [0.15, 0.2) is 0 Å². The molecule has 1 saturated carbocycles. The lowest BCUT2D eigenvalue weighted by Gasteiger charge is -2.39. The summed E-state index contributed by atoms with van der Waals surface area (Å²) in [6, 6.07) is 1.08. The lowest BCUT2D eigenvalue weighted by molar-refractivity contribution is -0.149. The van der Waals surface area contributed by atoms with Gasteiger partial charge in [0, 0.05) is 39.8 Å². The average Bonchev–Trinajstić information content (AvgIpc) is 3.32. The van der Waals surface area contributed by atoms with Gasteiger partial charge in [-0.2, -0.15) is 5.10 Å². The Morgan fingerprint density at radius 2 is 2.11 bits per heavy atom. The van der Waals surface area contributed by atoms with Gasteiger partial charge in [0.05, 0.1) is 23.2 Å². The summed E-state index contributed by atoms with van der Waals surface area (Å²) in [5.41, 5.74) is 0.0686. The number of carbonyl (C=O) groups excluding carboxylic acids is 2. The summed E-state index contributed by atoms with van der Waals surface area (Å²) >= 11 is 0. The molecule has 2 N–H and O–H groups in total. The highest BCUT2D eigenvalue weighted by Gasteiger charge is 2.56. The van der Waals surface area contributed by atoms with Crippen LogP contribution < -0.4 is 5.32 Å². The molecular weight excluding hydrogens is 362 g/mol. The molecule has 3 aliphatic rings. The van der Waals surface area contributed by atoms with Crippen LogP contribution in [0.3, 0.4) is 0 Å². The fraction of sp³-hybridized carbons (Fsp3) is 0.684. The predicted octanol–water partition coefficient (Wildman–Crippen LogP) is 0.978. The van der Waals surface area contributed by atoms with Gasteiger partial charge in [0.1, 0.15) is 0 Å². The van der Waals surface area contributed by atoms with Crippen LogP contribution >= 0.6 is 0 Å². The molecule has 28 heavy (non-hydrogen) atoms. The number of carbonyl (C=O) groups is 3. The van der Waals surface area contributed by atoms with Gasteiger partial charge < -0.3 is 20.2 Å². The number of rotatable bonds is 3. The van der Waals surface area contributed by atoms with Crippen LogP contribution in [0.15, 0.2) is 12.3 Å². The monoisotopic (exact) mass is 389 g/mol. The van der Waals surface area contributed by atoms with Gasteiger partial charge >= 0.3 is 12.0 Å². The number of urea groups is 1. The maximum absolute atomic E-state index is 13.0. The van der Waals surface area contributed by atoms with Crippen LogP contribution in [-0.4, -0.2) is 68.8 Å². The summed E-state index contributed by atoms with van der Waals surface area (Å²) in [4.78, 5) is 40.4. The number of carboxylic acid groups (broad SMARTS) is 1. The number of aryl methyl sites for hydroxylation is 1. The molecule has 2 aliphatic heterocycles. The number of aliphatic carboxylic acids is 1. The van der Waals surface area contributed by atoms with Crippen molar-refractivity contribution in [3.05, 3.63) is 18.0 Å². The number of amides is 3. The smallest absolute Gasteiger partial charge is 0.317 e. The maximum atomic E-state index is 13.0. The molecule has 4 rings (SSSR count). The van der Waals surface area contributed by atoms with E-state index in [1.165, 1.54) is 0 Å². The largest absolute Gasteiger partial charge is 0.481 e. The van der Waals surface area contributed by atoms with E-state index in [2.05, 4.69) is 10.4 Å². The fourth-order valence-corrected chi connectivity index (χ4v) is 5.31. The van der Waals surface area contributed by atoms with E-state index in [1.807, 2.05) is 13.1 Å². The second kappa shape index (κ2) is 6.79. The lowest BCUT2D eigenvalue weighted by Crippen LogP contribution is -2.54. The topological polar surface area (TPSA) is 108 Å². The Bertz CT molecular complexity index is 808. The molecule has 3 amide bonds. The van der Waals surface area contributed by atoms with Crippen LogP contribution in [0.25, 0.3) is 0 Å². The van der Waals surface area contributed by atoms with E-state index in [1.54, 1.807) is 27.7 Å². The van der Waals surface area contributed by atoms with Crippen molar-refractivity contribution >= 4 is 17.9 Å². The summed E-state index contributed by atoms with van der Waals surface area (Å²) in [6.07, 6.45) is 5.00. The molecule has 3 heterocycles. The molecule has 152 valence electrons. The highest BCUT2D eigenvalue weighted by Crippen LogP contribution is 2.49. The number of carboxylic acids is 1. The molecule has 0 spiro atoms. The number of aromatic nitrogens is 2. The van der Waals surface area contributed by atoms with Crippen molar-refractivity contribution in [3.63, 3.8) is 0 Å². The summed E-state index contributed by atoms with van der Waals surface area (Å²) in [5, 5.41) is 17.0. The zero-order chi connectivity index (χ0) is 20.1. The third-order valence-corrected chi connectivity index (χ3v) is 6.92. The molecule has 0 bridgehead atoms. The van der Waals surface area contributed by atoms with E-state index in [4.69, 9.17) is 0 Å². The zero-order valence-corrected chi connectivity index (χ0v) is 16.3. The van der Waals surface area contributed by atoms with Crippen LogP contribution in [0.5, 0.6) is 0 Å². The summed E-state index contributed by atoms with van der Waals surface area (Å²) < 4.78 is 1.72. The van der Waals surface area contributed by atoms with Crippen molar-refractivity contribution in [2.45, 2.75) is 44.2 Å². The van der Waals surface area contributed by atoms with E-state index in [0.29, 0.717) is 25.8 Å². The molecule has 9 nitrogen and oxygen atoms in total. The predicted molar refractivity (Wildman–Crippen MR) is 99.3 cm³/mol. The number of likely N-dealkylation sites (tertiary alicyclic amines) is 2.